The molecule has 10 heterocycles. The van der Waals surface area contributed by atoms with Crippen molar-refractivity contribution in [2.45, 2.75) is 20.8 Å². The molecule has 8 nitrogen and oxygen atoms in total. The molecule has 0 fully saturated rings. The Balaban J connectivity index is 0.000000128. The van der Waals surface area contributed by atoms with Gasteiger partial charge in [0.2, 0.25) is 0 Å². The fourth-order valence-corrected chi connectivity index (χ4v) is 14.1. The fourth-order valence-electron chi connectivity index (χ4n) is 12.0. The van der Waals surface area contributed by atoms with Crippen molar-refractivity contribution in [3.05, 3.63) is 375 Å². The molecule has 0 saturated carbocycles. The molecule has 10 aromatic heterocycles. The normalized spacial score (nSPS) is 10.5. The van der Waals surface area contributed by atoms with Crippen LogP contribution in [0.2, 0.25) is 0 Å². The molecule has 4 radical (unpaired) electrons. The van der Waals surface area contributed by atoms with E-state index < -0.39 is 0 Å². The maximum Gasteiger partial charge on any atom is 0.120 e. The Labute approximate surface area is 683 Å². The molecule has 0 amide bonds. The first-order valence-electron chi connectivity index (χ1n) is 33.6. The van der Waals surface area contributed by atoms with Gasteiger partial charge >= 0.3 is 0 Å². The number of aryl methyl sites for hydroxylation is 3. The summed E-state index contributed by atoms with van der Waals surface area (Å²) in [5.74, 6) is 0. The molecule has 530 valence electrons. The second-order valence-corrected chi connectivity index (χ2v) is 26.4. The van der Waals surface area contributed by atoms with Crippen molar-refractivity contribution in [3.63, 3.8) is 0 Å². The first-order valence-corrected chi connectivity index (χ1v) is 35.2. The average molecular weight is 2130 g/mol. The molecule has 0 aliphatic carbocycles. The van der Waals surface area contributed by atoms with E-state index in [0.29, 0.717) is 0 Å². The molecule has 14 heteroatoms. The summed E-state index contributed by atoms with van der Waals surface area (Å²) < 4.78 is 17.2. The summed E-state index contributed by atoms with van der Waals surface area (Å²) >= 11 is 3.63. The average Bonchev–Trinajstić information content (AvgIpc) is 1.65. The number of aromatic nitrogens is 6. The molecule has 0 aliphatic rings. The Hall–Kier alpha value is -10.3. The van der Waals surface area contributed by atoms with Gasteiger partial charge < -0.3 is 38.7 Å². The van der Waals surface area contributed by atoms with Crippen LogP contribution in [0.1, 0.15) is 16.7 Å². The van der Waals surface area contributed by atoms with Crippen molar-refractivity contribution < 1.29 is 89.3 Å². The van der Waals surface area contributed by atoms with Crippen molar-refractivity contribution >= 4 is 107 Å². The van der Waals surface area contributed by atoms with Crippen LogP contribution in [0.25, 0.3) is 152 Å². The molecule has 0 spiro atoms. The third-order valence-electron chi connectivity index (χ3n) is 17.1. The van der Waals surface area contributed by atoms with Gasteiger partial charge in [0, 0.05) is 138 Å². The smallest absolute Gasteiger partial charge is 0.120 e. The van der Waals surface area contributed by atoms with Crippen molar-refractivity contribution in [1.29, 1.82) is 0 Å². The van der Waals surface area contributed by atoms with Crippen LogP contribution in [0, 0.1) is 57.2 Å². The summed E-state index contributed by atoms with van der Waals surface area (Å²) in [6.07, 6.45) is 11.0. The van der Waals surface area contributed by atoms with Crippen LogP contribution in [-0.2, 0) is 80.4 Å². The molecule has 10 aromatic carbocycles. The molecule has 0 bridgehead atoms. The number of hydrogen-bond acceptors (Lipinski definition) is 10. The number of nitrogens with zero attached hydrogens (tertiary/aromatic N) is 6. The number of furan rings is 2. The Bertz CT molecular complexity index is 6180. The number of thiophene rings is 2. The molecule has 20 aromatic rings. The molecular formula is C93H62Ir4N6O2S2-6. The van der Waals surface area contributed by atoms with Gasteiger partial charge in [0.25, 0.3) is 0 Å². The molecule has 107 heavy (non-hydrogen) atoms. The first-order chi connectivity index (χ1) is 50.8. The molecule has 0 atom stereocenters. The number of rotatable bonds is 6. The SMILES string of the molecule is Cc1ccc(-c2[c-]ccc3c2oc2ccccc23)nc1.Cc1ccc(-c2[c-]cccc2)nc1.Cc1ccnc(-c2[c-]cc3sc4ccccc4c3c2)c1.[Ir].[Ir].[Ir].[Ir].[c-]1cc2sc3ccccc3c2cc1-c1ccccn1.[c-]1ccc2c(oc3ccccc32)c1-c1ccccn1.[c-]1ccccc1-c1ccccn1. The minimum atomic E-state index is 0. The van der Waals surface area contributed by atoms with Gasteiger partial charge in [-0.05, 0) is 135 Å². The number of hydrogen-bond donors (Lipinski definition) is 0. The predicted octanol–water partition coefficient (Wildman–Crippen LogP) is 24.7. The third kappa shape index (κ3) is 18.4. The second kappa shape index (κ2) is 37.3. The Morgan fingerprint density at radius 2 is 0.664 bits per heavy atom. The van der Waals surface area contributed by atoms with E-state index in [1.54, 1.807) is 12.4 Å². The topological polar surface area (TPSA) is 104 Å². The molecular weight excluding hydrogens is 2070 g/mol. The predicted molar refractivity (Wildman–Crippen MR) is 426 cm³/mol. The molecule has 0 unspecified atom stereocenters. The van der Waals surface area contributed by atoms with E-state index in [1.807, 2.05) is 243 Å². The van der Waals surface area contributed by atoms with Crippen LogP contribution >= 0.6 is 22.7 Å². The quantitative estimate of drug-likeness (QED) is 0.152. The molecule has 0 aliphatic heterocycles. The van der Waals surface area contributed by atoms with Crippen molar-refractivity contribution in [3.8, 4) is 67.5 Å². The molecule has 0 saturated heterocycles. The van der Waals surface area contributed by atoms with Gasteiger partial charge in [0.15, 0.2) is 0 Å². The Morgan fingerprint density at radius 1 is 0.262 bits per heavy atom. The first kappa shape index (κ1) is 77.8. The van der Waals surface area contributed by atoms with E-state index in [2.05, 4.69) is 176 Å². The van der Waals surface area contributed by atoms with Crippen molar-refractivity contribution in [1.82, 2.24) is 29.9 Å². The van der Waals surface area contributed by atoms with Crippen LogP contribution in [0.3, 0.4) is 0 Å². The van der Waals surface area contributed by atoms with Gasteiger partial charge in [0.1, 0.15) is 11.2 Å². The van der Waals surface area contributed by atoms with Gasteiger partial charge in [-0.1, -0.05) is 178 Å². The number of pyridine rings is 6. The Morgan fingerprint density at radius 3 is 1.11 bits per heavy atom. The van der Waals surface area contributed by atoms with Gasteiger partial charge in [-0.3, -0.25) is 0 Å². The van der Waals surface area contributed by atoms with E-state index in [4.69, 9.17) is 8.83 Å². The summed E-state index contributed by atoms with van der Waals surface area (Å²) in [6.45, 7) is 6.15. The standard InChI is InChI=1S/C18H12NO.C18H12NS.C17H10NO.C17H10NS.C12H10N.C11H8N.4Ir/c1-12-9-10-16(19-11-12)15-7-4-6-14-13-5-2-3-8-17(13)20-18(14)15;1-12-8-9-19-16(10-12)13-6-7-18-15(11-13)14-4-2-3-5-17(14)20-18;1-2-10-16-12(6-1)13-7-5-8-14(17(13)19-16)15-9-3-4-11-18-15;1-2-7-16-13(5-1)14-11-12(8-9-17(14)19-16)15-6-3-4-10-18-15;1-10-7-8-12(13-9-10)11-5-3-2-4-6-11;1-2-6-10(7-3-1)11-8-4-5-9-12-11;;;;/h2-6,8-11H,1H3;2-5,7-11H,1H3;2*1-7,9-11H;2-5,7-9H,1H3;1-6,8-9H;;;;/q6*-1;;;;. The van der Waals surface area contributed by atoms with Crippen molar-refractivity contribution in [2.75, 3.05) is 0 Å². The van der Waals surface area contributed by atoms with E-state index in [0.717, 1.165) is 117 Å². The summed E-state index contributed by atoms with van der Waals surface area (Å²) in [6, 6.07) is 115. The zero-order valence-electron chi connectivity index (χ0n) is 57.7. The van der Waals surface area contributed by atoms with Gasteiger partial charge in [-0.15, -0.1) is 156 Å². The van der Waals surface area contributed by atoms with Gasteiger partial charge in [0.05, 0.1) is 11.2 Å². The van der Waals surface area contributed by atoms with E-state index in [1.165, 1.54) is 51.5 Å². The van der Waals surface area contributed by atoms with E-state index in [9.17, 15) is 0 Å². The number of benzene rings is 10. The molecule has 20 rings (SSSR count). The van der Waals surface area contributed by atoms with Crippen LogP contribution in [0.5, 0.6) is 0 Å². The maximum absolute atomic E-state index is 6.00. The number of para-hydroxylation sites is 2. The van der Waals surface area contributed by atoms with Crippen LogP contribution < -0.4 is 0 Å². The number of fused-ring (bicyclic) bond motifs is 12. The summed E-state index contributed by atoms with van der Waals surface area (Å²) in [5, 5.41) is 9.69. The minimum Gasteiger partial charge on any atom is -0.501 e. The minimum absolute atomic E-state index is 0. The molecule has 0 N–H and O–H groups in total. The third-order valence-corrected chi connectivity index (χ3v) is 19.3. The maximum atomic E-state index is 6.00. The van der Waals surface area contributed by atoms with Crippen molar-refractivity contribution in [2.24, 2.45) is 0 Å². The monoisotopic (exact) mass is 2130 g/mol. The summed E-state index contributed by atoms with van der Waals surface area (Å²) in [7, 11) is 0. The Kier molecular flexibility index (Phi) is 27.1. The zero-order valence-corrected chi connectivity index (χ0v) is 69.0. The fraction of sp³-hybridized carbons (Fsp3) is 0.0323. The van der Waals surface area contributed by atoms with E-state index >= 15 is 0 Å². The summed E-state index contributed by atoms with van der Waals surface area (Å²) in [5.41, 5.74) is 18.7. The van der Waals surface area contributed by atoms with Gasteiger partial charge in [-0.25, -0.2) is 0 Å². The van der Waals surface area contributed by atoms with Crippen LogP contribution in [0.15, 0.2) is 331 Å². The largest absolute Gasteiger partial charge is 0.501 e. The second-order valence-electron chi connectivity index (χ2n) is 24.2. The van der Waals surface area contributed by atoms with Gasteiger partial charge in [-0.2, -0.15) is 22.7 Å². The van der Waals surface area contributed by atoms with Crippen LogP contribution in [-0.4, -0.2) is 29.9 Å². The van der Waals surface area contributed by atoms with Crippen LogP contribution in [0.4, 0.5) is 0 Å². The van der Waals surface area contributed by atoms with E-state index in [-0.39, 0.29) is 80.4 Å². The summed E-state index contributed by atoms with van der Waals surface area (Å²) in [4.78, 5) is 26.2. The zero-order chi connectivity index (χ0) is 69.7.